The largest absolute Gasteiger partial charge is 0.496 e. The molecule has 20 heavy (non-hydrogen) atoms. The Kier molecular flexibility index (Phi) is 5.86. The van der Waals surface area contributed by atoms with Gasteiger partial charge in [0.15, 0.2) is 0 Å². The highest BCUT2D eigenvalue weighted by Gasteiger charge is 2.17. The van der Waals surface area contributed by atoms with E-state index in [0.717, 1.165) is 24.6 Å². The molecule has 1 fully saturated rings. The van der Waals surface area contributed by atoms with Crippen LogP contribution in [0.5, 0.6) is 5.75 Å². The van der Waals surface area contributed by atoms with Crippen LogP contribution in [-0.4, -0.2) is 44.7 Å². The van der Waals surface area contributed by atoms with Gasteiger partial charge in [0.25, 0.3) is 0 Å². The molecule has 0 unspecified atom stereocenters. The van der Waals surface area contributed by atoms with Crippen molar-refractivity contribution in [2.45, 2.75) is 32.2 Å². The van der Waals surface area contributed by atoms with Crippen molar-refractivity contribution in [3.05, 3.63) is 29.8 Å². The Morgan fingerprint density at radius 3 is 2.95 bits per heavy atom. The van der Waals surface area contributed by atoms with Gasteiger partial charge >= 0.3 is 0 Å². The summed E-state index contributed by atoms with van der Waals surface area (Å²) in [6, 6.07) is 8.79. The molecule has 1 N–H and O–H groups in total. The van der Waals surface area contributed by atoms with Crippen LogP contribution < -0.4 is 10.1 Å². The van der Waals surface area contributed by atoms with Crippen molar-refractivity contribution in [3.63, 3.8) is 0 Å². The van der Waals surface area contributed by atoms with Crippen LogP contribution in [0.3, 0.4) is 0 Å². The summed E-state index contributed by atoms with van der Waals surface area (Å²) < 4.78 is 5.42. The molecule has 0 bridgehead atoms. The third kappa shape index (κ3) is 4.50. The molecule has 1 aromatic rings. The van der Waals surface area contributed by atoms with Crippen molar-refractivity contribution in [1.29, 1.82) is 0 Å². The molecule has 0 spiro atoms. The summed E-state index contributed by atoms with van der Waals surface area (Å²) in [4.78, 5) is 2.45. The van der Waals surface area contributed by atoms with E-state index in [1.807, 2.05) is 12.1 Å². The zero-order valence-electron chi connectivity index (χ0n) is 13.1. The topological polar surface area (TPSA) is 24.5 Å². The third-order valence-corrected chi connectivity index (χ3v) is 4.20. The molecule has 0 radical (unpaired) electrons. The second-order valence-corrected chi connectivity index (χ2v) is 6.10. The van der Waals surface area contributed by atoms with Crippen LogP contribution in [-0.2, 0) is 6.42 Å². The van der Waals surface area contributed by atoms with Crippen molar-refractivity contribution in [3.8, 4) is 5.75 Å². The van der Waals surface area contributed by atoms with Crippen LogP contribution in [0, 0.1) is 5.92 Å². The quantitative estimate of drug-likeness (QED) is 0.864. The van der Waals surface area contributed by atoms with Crippen LogP contribution in [0.25, 0.3) is 0 Å². The highest BCUT2D eigenvalue weighted by Crippen LogP contribution is 2.19. The van der Waals surface area contributed by atoms with Crippen LogP contribution in [0.2, 0.25) is 0 Å². The maximum atomic E-state index is 5.42. The van der Waals surface area contributed by atoms with Crippen LogP contribution in [0.1, 0.15) is 25.3 Å². The lowest BCUT2D eigenvalue weighted by molar-refractivity contribution is 0.203. The molecule has 0 saturated carbocycles. The van der Waals surface area contributed by atoms with E-state index in [-0.39, 0.29) is 0 Å². The molecule has 2 rings (SSSR count). The smallest absolute Gasteiger partial charge is 0.122 e. The molecule has 1 aliphatic heterocycles. The molecule has 0 amide bonds. The van der Waals surface area contributed by atoms with Crippen molar-refractivity contribution >= 4 is 0 Å². The zero-order chi connectivity index (χ0) is 14.4. The Morgan fingerprint density at radius 1 is 1.40 bits per heavy atom. The lowest BCUT2D eigenvalue weighted by atomic mass is 9.97. The monoisotopic (exact) mass is 276 g/mol. The van der Waals surface area contributed by atoms with Gasteiger partial charge in [0.1, 0.15) is 5.75 Å². The Labute approximate surface area is 123 Å². The van der Waals surface area contributed by atoms with Crippen LogP contribution in [0.15, 0.2) is 24.3 Å². The lowest BCUT2D eigenvalue weighted by Gasteiger charge is -2.30. The van der Waals surface area contributed by atoms with E-state index in [2.05, 4.69) is 36.3 Å². The van der Waals surface area contributed by atoms with Gasteiger partial charge in [0.2, 0.25) is 0 Å². The summed E-state index contributed by atoms with van der Waals surface area (Å²) >= 11 is 0. The zero-order valence-corrected chi connectivity index (χ0v) is 13.1. The SMILES string of the molecule is COc1ccccc1C[C@@H](C)NC[C@@H]1CCCN(C)C1. The summed E-state index contributed by atoms with van der Waals surface area (Å²) in [5.74, 6) is 1.80. The van der Waals surface area contributed by atoms with Gasteiger partial charge in [-0.1, -0.05) is 18.2 Å². The summed E-state index contributed by atoms with van der Waals surface area (Å²) in [5.41, 5.74) is 1.29. The molecular weight excluding hydrogens is 248 g/mol. The van der Waals surface area contributed by atoms with Crippen molar-refractivity contribution < 1.29 is 4.74 Å². The maximum absolute atomic E-state index is 5.42. The molecule has 1 aromatic carbocycles. The van der Waals surface area contributed by atoms with E-state index in [0.29, 0.717) is 6.04 Å². The van der Waals surface area contributed by atoms with Gasteiger partial charge in [-0.15, -0.1) is 0 Å². The van der Waals surface area contributed by atoms with Crippen molar-refractivity contribution in [2.24, 2.45) is 5.92 Å². The molecule has 1 saturated heterocycles. The predicted octanol–water partition coefficient (Wildman–Crippen LogP) is 2.56. The third-order valence-electron chi connectivity index (χ3n) is 4.20. The molecular formula is C17H28N2O. The van der Waals surface area contributed by atoms with E-state index in [1.165, 1.54) is 31.5 Å². The normalized spacial score (nSPS) is 21.6. The second kappa shape index (κ2) is 7.65. The van der Waals surface area contributed by atoms with Crippen molar-refractivity contribution in [2.75, 3.05) is 33.8 Å². The number of rotatable bonds is 6. The molecule has 2 atom stereocenters. The summed E-state index contributed by atoms with van der Waals surface area (Å²) in [5, 5.41) is 3.69. The highest BCUT2D eigenvalue weighted by molar-refractivity contribution is 5.33. The van der Waals surface area contributed by atoms with Gasteiger partial charge in [-0.05, 0) is 63.9 Å². The Bertz CT molecular complexity index is 408. The number of benzene rings is 1. The lowest BCUT2D eigenvalue weighted by Crippen LogP contribution is -2.40. The number of likely N-dealkylation sites (tertiary alicyclic amines) is 1. The van der Waals surface area contributed by atoms with E-state index in [1.54, 1.807) is 7.11 Å². The number of ether oxygens (including phenoxy) is 1. The average molecular weight is 276 g/mol. The fourth-order valence-electron chi connectivity index (χ4n) is 3.08. The van der Waals surface area contributed by atoms with E-state index in [9.17, 15) is 0 Å². The molecule has 1 heterocycles. The number of hydrogen-bond acceptors (Lipinski definition) is 3. The van der Waals surface area contributed by atoms with Crippen LogP contribution in [0.4, 0.5) is 0 Å². The summed E-state index contributed by atoms with van der Waals surface area (Å²) in [6.45, 7) is 5.88. The minimum absolute atomic E-state index is 0.485. The fraction of sp³-hybridized carbons (Fsp3) is 0.647. The van der Waals surface area contributed by atoms with Gasteiger partial charge in [-0.3, -0.25) is 0 Å². The van der Waals surface area contributed by atoms with E-state index in [4.69, 9.17) is 4.74 Å². The summed E-state index contributed by atoms with van der Waals surface area (Å²) in [6.07, 6.45) is 3.72. The molecule has 1 aliphatic rings. The maximum Gasteiger partial charge on any atom is 0.122 e. The average Bonchev–Trinajstić information content (AvgIpc) is 2.46. The Hall–Kier alpha value is -1.06. The number of piperidine rings is 1. The van der Waals surface area contributed by atoms with Gasteiger partial charge in [-0.2, -0.15) is 0 Å². The first-order valence-corrected chi connectivity index (χ1v) is 7.73. The molecule has 0 aromatic heterocycles. The first-order chi connectivity index (χ1) is 9.69. The van der Waals surface area contributed by atoms with Crippen molar-refractivity contribution in [1.82, 2.24) is 10.2 Å². The highest BCUT2D eigenvalue weighted by atomic mass is 16.5. The van der Waals surface area contributed by atoms with Crippen LogP contribution >= 0.6 is 0 Å². The molecule has 112 valence electrons. The summed E-state index contributed by atoms with van der Waals surface area (Å²) in [7, 11) is 3.97. The minimum Gasteiger partial charge on any atom is -0.496 e. The number of para-hydroxylation sites is 1. The second-order valence-electron chi connectivity index (χ2n) is 6.10. The number of methoxy groups -OCH3 is 1. The molecule has 0 aliphatic carbocycles. The van der Waals surface area contributed by atoms with E-state index >= 15 is 0 Å². The van der Waals surface area contributed by atoms with Gasteiger partial charge < -0.3 is 15.0 Å². The number of nitrogens with one attached hydrogen (secondary N) is 1. The van der Waals surface area contributed by atoms with Gasteiger partial charge in [0.05, 0.1) is 7.11 Å². The molecule has 3 heteroatoms. The predicted molar refractivity (Wildman–Crippen MR) is 84.4 cm³/mol. The number of hydrogen-bond donors (Lipinski definition) is 1. The van der Waals surface area contributed by atoms with Gasteiger partial charge in [0, 0.05) is 12.6 Å². The fourth-order valence-corrected chi connectivity index (χ4v) is 3.08. The Morgan fingerprint density at radius 2 is 2.20 bits per heavy atom. The standard InChI is InChI=1S/C17H28N2O/c1-14(11-16-8-4-5-9-17(16)20-3)18-12-15-7-6-10-19(2)13-15/h4-5,8-9,14-15,18H,6-7,10-13H2,1-3H3/t14-,15+/m1/s1. The van der Waals surface area contributed by atoms with Gasteiger partial charge in [-0.25, -0.2) is 0 Å². The van der Waals surface area contributed by atoms with E-state index < -0.39 is 0 Å². The first kappa shape index (κ1) is 15.3. The Balaban J connectivity index is 1.78. The minimum atomic E-state index is 0.485. The number of nitrogens with zero attached hydrogens (tertiary/aromatic N) is 1. The molecule has 3 nitrogen and oxygen atoms in total. The first-order valence-electron chi connectivity index (χ1n) is 7.73.